The van der Waals surface area contributed by atoms with E-state index in [1.807, 2.05) is 12.1 Å². The molecule has 1 amide bonds. The van der Waals surface area contributed by atoms with E-state index in [2.05, 4.69) is 25.2 Å². The Morgan fingerprint density at radius 3 is 2.58 bits per heavy atom. The number of hydrogen-bond donors (Lipinski definition) is 5. The maximum Gasteiger partial charge on any atom is 0.323 e. The average Bonchev–Trinajstić information content (AvgIpc) is 3.21. The number of hydrogen-bond acceptors (Lipinski definition) is 4. The zero-order valence-corrected chi connectivity index (χ0v) is 14.0. The number of amides is 1. The molecular formula is C16H13N5O4S. The van der Waals surface area contributed by atoms with Crippen molar-refractivity contribution in [3.8, 4) is 0 Å². The van der Waals surface area contributed by atoms with Crippen LogP contribution in [0.3, 0.4) is 0 Å². The van der Waals surface area contributed by atoms with Crippen LogP contribution in [0.1, 0.15) is 10.4 Å². The summed E-state index contributed by atoms with van der Waals surface area (Å²) < 4.78 is 24.8. The number of carbonyl (C=O) groups excluding carboxylic acids is 1. The van der Waals surface area contributed by atoms with Crippen LogP contribution in [0.2, 0.25) is 0 Å². The molecule has 0 spiro atoms. The molecule has 4 aromatic rings. The molecule has 10 heteroatoms. The van der Waals surface area contributed by atoms with Crippen molar-refractivity contribution in [1.82, 2.24) is 25.2 Å². The molecule has 0 aliphatic rings. The van der Waals surface area contributed by atoms with Crippen LogP contribution in [0.25, 0.3) is 21.9 Å². The number of nitrogens with one attached hydrogen (secondary N) is 5. The Bertz CT molecular complexity index is 1300. The maximum absolute atomic E-state index is 12.4. The molecule has 2 aromatic carbocycles. The number of aromatic amines is 3. The van der Waals surface area contributed by atoms with Gasteiger partial charge in [0.15, 0.2) is 0 Å². The molecule has 9 nitrogen and oxygen atoms in total. The predicted octanol–water partition coefficient (Wildman–Crippen LogP) is 0.961. The molecule has 0 unspecified atom stereocenters. The van der Waals surface area contributed by atoms with Crippen molar-refractivity contribution in [2.24, 2.45) is 0 Å². The van der Waals surface area contributed by atoms with Crippen molar-refractivity contribution in [2.45, 2.75) is 4.90 Å². The molecule has 0 saturated carbocycles. The zero-order chi connectivity index (χ0) is 18.3. The molecule has 5 N–H and O–H groups in total. The van der Waals surface area contributed by atoms with Gasteiger partial charge in [0.05, 0.1) is 21.5 Å². The number of fused-ring (bicyclic) bond motifs is 2. The van der Waals surface area contributed by atoms with Crippen LogP contribution in [-0.4, -0.2) is 29.3 Å². The third-order valence-electron chi connectivity index (χ3n) is 3.93. The Hall–Kier alpha value is -3.37. The first-order valence-electron chi connectivity index (χ1n) is 7.54. The minimum Gasteiger partial charge on any atom is -0.360 e. The number of hydrazine groups is 1. The second-order valence-electron chi connectivity index (χ2n) is 5.59. The Kier molecular flexibility index (Phi) is 3.63. The lowest BCUT2D eigenvalue weighted by Gasteiger charge is -2.08. The van der Waals surface area contributed by atoms with Gasteiger partial charge in [-0.3, -0.25) is 10.2 Å². The van der Waals surface area contributed by atoms with E-state index in [0.717, 1.165) is 5.52 Å². The first-order chi connectivity index (χ1) is 12.4. The molecule has 2 aromatic heterocycles. The highest BCUT2D eigenvalue weighted by atomic mass is 32.2. The number of imidazole rings is 1. The summed E-state index contributed by atoms with van der Waals surface area (Å²) in [5.74, 6) is -0.595. The lowest BCUT2D eigenvalue weighted by molar-refractivity contribution is 0.0947. The molecule has 0 bridgehead atoms. The fourth-order valence-corrected chi connectivity index (χ4v) is 3.54. The van der Waals surface area contributed by atoms with E-state index in [1.165, 1.54) is 24.4 Å². The molecule has 0 aliphatic carbocycles. The Labute approximate surface area is 146 Å². The third-order valence-corrected chi connectivity index (χ3v) is 5.18. The number of sulfonamides is 1. The summed E-state index contributed by atoms with van der Waals surface area (Å²) in [4.78, 5) is 33.5. The zero-order valence-electron chi connectivity index (χ0n) is 13.2. The topological polar surface area (TPSA) is 140 Å². The fourth-order valence-electron chi connectivity index (χ4n) is 2.68. The number of para-hydroxylation sites is 1. The minimum atomic E-state index is -4.01. The molecular weight excluding hydrogens is 358 g/mol. The Balaban J connectivity index is 1.57. The second-order valence-corrected chi connectivity index (χ2v) is 7.28. The van der Waals surface area contributed by atoms with Crippen LogP contribution < -0.4 is 15.9 Å². The second kappa shape index (κ2) is 5.86. The Morgan fingerprint density at radius 1 is 0.962 bits per heavy atom. The normalized spacial score (nSPS) is 11.8. The lowest BCUT2D eigenvalue weighted by Crippen LogP contribution is -2.41. The van der Waals surface area contributed by atoms with Crippen LogP contribution in [0.4, 0.5) is 0 Å². The van der Waals surface area contributed by atoms with Gasteiger partial charge in [-0.05, 0) is 24.3 Å². The van der Waals surface area contributed by atoms with Gasteiger partial charge in [-0.1, -0.05) is 18.2 Å². The summed E-state index contributed by atoms with van der Waals surface area (Å²) in [5.41, 5.74) is 3.67. The highest BCUT2D eigenvalue weighted by Crippen LogP contribution is 2.18. The Morgan fingerprint density at radius 2 is 1.73 bits per heavy atom. The van der Waals surface area contributed by atoms with E-state index < -0.39 is 21.6 Å². The van der Waals surface area contributed by atoms with Crippen LogP contribution >= 0.6 is 0 Å². The predicted molar refractivity (Wildman–Crippen MR) is 95.0 cm³/mol. The highest BCUT2D eigenvalue weighted by Gasteiger charge is 2.18. The van der Waals surface area contributed by atoms with Crippen molar-refractivity contribution in [1.29, 1.82) is 0 Å². The molecule has 0 radical (unpaired) electrons. The molecule has 4 rings (SSSR count). The van der Waals surface area contributed by atoms with E-state index in [-0.39, 0.29) is 4.90 Å². The summed E-state index contributed by atoms with van der Waals surface area (Å²) in [6.07, 6.45) is 1.50. The SMILES string of the molecule is O=C(NNS(=O)(=O)c1ccc2[nH]c(=O)[nH]c2c1)c1c[nH]c2ccccc12. The smallest absolute Gasteiger partial charge is 0.323 e. The maximum atomic E-state index is 12.4. The number of benzene rings is 2. The molecule has 2 heterocycles. The lowest BCUT2D eigenvalue weighted by atomic mass is 10.2. The number of carbonyl (C=O) groups is 1. The molecule has 0 fully saturated rings. The van der Waals surface area contributed by atoms with Gasteiger partial charge in [0.1, 0.15) is 0 Å². The molecule has 26 heavy (non-hydrogen) atoms. The van der Waals surface area contributed by atoms with E-state index in [1.54, 1.807) is 12.1 Å². The van der Waals surface area contributed by atoms with Gasteiger partial charge in [0.2, 0.25) is 0 Å². The van der Waals surface area contributed by atoms with Crippen molar-refractivity contribution >= 4 is 37.9 Å². The van der Waals surface area contributed by atoms with Crippen LogP contribution in [0.5, 0.6) is 0 Å². The van der Waals surface area contributed by atoms with Gasteiger partial charge in [-0.2, -0.15) is 0 Å². The minimum absolute atomic E-state index is 0.0977. The van der Waals surface area contributed by atoms with Crippen molar-refractivity contribution < 1.29 is 13.2 Å². The first-order valence-corrected chi connectivity index (χ1v) is 9.03. The highest BCUT2D eigenvalue weighted by molar-refractivity contribution is 7.89. The van der Waals surface area contributed by atoms with Gasteiger partial charge in [0.25, 0.3) is 15.9 Å². The van der Waals surface area contributed by atoms with Crippen molar-refractivity contribution in [3.63, 3.8) is 0 Å². The van der Waals surface area contributed by atoms with E-state index in [4.69, 9.17) is 0 Å². The molecule has 0 saturated heterocycles. The largest absolute Gasteiger partial charge is 0.360 e. The number of H-pyrrole nitrogens is 3. The van der Waals surface area contributed by atoms with Gasteiger partial charge in [0, 0.05) is 17.1 Å². The summed E-state index contributed by atoms with van der Waals surface area (Å²) in [6.45, 7) is 0. The van der Waals surface area contributed by atoms with Crippen molar-refractivity contribution in [3.05, 3.63) is 64.7 Å². The molecule has 132 valence electrons. The number of aromatic nitrogens is 3. The van der Waals surface area contributed by atoms with Crippen LogP contribution in [-0.2, 0) is 10.0 Å². The summed E-state index contributed by atoms with van der Waals surface area (Å²) >= 11 is 0. The summed E-state index contributed by atoms with van der Waals surface area (Å²) in [5, 5.41) is 0.676. The summed E-state index contributed by atoms with van der Waals surface area (Å²) in [7, 11) is -4.01. The molecule has 0 aliphatic heterocycles. The fraction of sp³-hybridized carbons (Fsp3) is 0. The standard InChI is InChI=1S/C16H13N5O4S/c22-15(11-8-17-12-4-2-1-3-10(11)12)20-21-26(24,25)9-5-6-13-14(7-9)19-16(23)18-13/h1-8,17,21H,(H,20,22)(H2,18,19,23). The monoisotopic (exact) mass is 371 g/mol. The summed E-state index contributed by atoms with van der Waals surface area (Å²) in [6, 6.07) is 11.3. The van der Waals surface area contributed by atoms with Crippen molar-refractivity contribution in [2.75, 3.05) is 0 Å². The van der Waals surface area contributed by atoms with E-state index in [9.17, 15) is 18.0 Å². The number of rotatable bonds is 4. The average molecular weight is 371 g/mol. The van der Waals surface area contributed by atoms with Crippen LogP contribution in [0, 0.1) is 0 Å². The quantitative estimate of drug-likeness (QED) is 0.341. The van der Waals surface area contributed by atoms with Gasteiger partial charge in [-0.25, -0.2) is 13.2 Å². The van der Waals surface area contributed by atoms with Gasteiger partial charge in [-0.15, -0.1) is 4.83 Å². The first kappa shape index (κ1) is 16.1. The molecule has 0 atom stereocenters. The van der Waals surface area contributed by atoms with Gasteiger partial charge >= 0.3 is 5.69 Å². The van der Waals surface area contributed by atoms with E-state index in [0.29, 0.717) is 22.0 Å². The van der Waals surface area contributed by atoms with Gasteiger partial charge < -0.3 is 15.0 Å². The third kappa shape index (κ3) is 2.76. The van der Waals surface area contributed by atoms with Crippen LogP contribution in [0.15, 0.2) is 58.4 Å². The van der Waals surface area contributed by atoms with E-state index >= 15 is 0 Å².